The lowest BCUT2D eigenvalue weighted by Gasteiger charge is -2.38. The van der Waals surface area contributed by atoms with Gasteiger partial charge in [-0.05, 0) is 37.6 Å². The number of benzene rings is 1. The van der Waals surface area contributed by atoms with E-state index in [-0.39, 0.29) is 18.0 Å². The van der Waals surface area contributed by atoms with Crippen molar-refractivity contribution in [3.05, 3.63) is 45.6 Å². The summed E-state index contributed by atoms with van der Waals surface area (Å²) in [5.41, 5.74) is 0.293. The van der Waals surface area contributed by atoms with Crippen LogP contribution in [-0.4, -0.2) is 73.9 Å². The van der Waals surface area contributed by atoms with Crippen LogP contribution in [-0.2, 0) is 19.7 Å². The molecular formula is C20H25ClFN5O4S2. The van der Waals surface area contributed by atoms with E-state index >= 15 is 0 Å². The van der Waals surface area contributed by atoms with Gasteiger partial charge in [0.25, 0.3) is 10.2 Å². The fourth-order valence-corrected chi connectivity index (χ4v) is 6.50. The van der Waals surface area contributed by atoms with Crippen molar-refractivity contribution in [2.75, 3.05) is 44.7 Å². The number of rotatable bonds is 7. The van der Waals surface area contributed by atoms with Crippen LogP contribution in [0.1, 0.15) is 23.9 Å². The Hall–Kier alpha value is -1.67. The molecule has 180 valence electrons. The van der Waals surface area contributed by atoms with Crippen LogP contribution in [0.3, 0.4) is 0 Å². The Labute approximate surface area is 201 Å². The van der Waals surface area contributed by atoms with Crippen LogP contribution in [0.5, 0.6) is 0 Å². The van der Waals surface area contributed by atoms with Gasteiger partial charge in [0, 0.05) is 36.9 Å². The maximum Gasteiger partial charge on any atom is 0.280 e. The van der Waals surface area contributed by atoms with Gasteiger partial charge >= 0.3 is 0 Å². The Kier molecular flexibility index (Phi) is 7.95. The highest BCUT2D eigenvalue weighted by atomic mass is 35.5. The minimum absolute atomic E-state index is 0.131. The van der Waals surface area contributed by atoms with Crippen LogP contribution >= 0.6 is 22.9 Å². The normalized spacial score (nSPS) is 23.9. The maximum absolute atomic E-state index is 13.5. The number of ether oxygens (including phenoxy) is 1. The number of amides is 1. The van der Waals surface area contributed by atoms with Gasteiger partial charge in [-0.3, -0.25) is 9.69 Å². The molecule has 0 aliphatic carbocycles. The van der Waals surface area contributed by atoms with Gasteiger partial charge < -0.3 is 10.1 Å². The van der Waals surface area contributed by atoms with Gasteiger partial charge in [-0.2, -0.15) is 17.4 Å². The first-order valence-electron chi connectivity index (χ1n) is 10.6. The van der Waals surface area contributed by atoms with Gasteiger partial charge in [-0.1, -0.05) is 11.6 Å². The Morgan fingerprint density at radius 1 is 1.33 bits per heavy atom. The number of nitrogens with zero attached hydrogens (tertiary/aromatic N) is 3. The first-order chi connectivity index (χ1) is 15.8. The number of hydrogen-bond donors (Lipinski definition) is 2. The Bertz CT molecular complexity index is 1070. The number of hydrogen-bond acceptors (Lipinski definition) is 7. The van der Waals surface area contributed by atoms with Gasteiger partial charge in [-0.15, -0.1) is 11.3 Å². The van der Waals surface area contributed by atoms with E-state index < -0.39 is 34.0 Å². The molecule has 2 atom stereocenters. The number of carbonyl (C=O) groups excluding carboxylic acids is 1. The summed E-state index contributed by atoms with van der Waals surface area (Å²) in [6, 6.07) is 2.26. The van der Waals surface area contributed by atoms with Crippen molar-refractivity contribution in [3.8, 4) is 0 Å². The van der Waals surface area contributed by atoms with Crippen molar-refractivity contribution in [1.82, 2.24) is 18.9 Å². The molecule has 2 saturated heterocycles. The van der Waals surface area contributed by atoms with Crippen LogP contribution in [0, 0.1) is 5.82 Å². The van der Waals surface area contributed by atoms with Crippen molar-refractivity contribution in [2.24, 2.45) is 0 Å². The highest BCUT2D eigenvalue weighted by molar-refractivity contribution is 7.87. The van der Waals surface area contributed by atoms with E-state index in [0.717, 1.165) is 19.2 Å². The molecule has 2 aliphatic rings. The number of thiazole rings is 1. The highest BCUT2D eigenvalue weighted by Crippen LogP contribution is 2.31. The average molecular weight is 518 g/mol. The first-order valence-corrected chi connectivity index (χ1v) is 13.3. The third-order valence-corrected chi connectivity index (χ3v) is 8.42. The zero-order valence-corrected chi connectivity index (χ0v) is 20.1. The summed E-state index contributed by atoms with van der Waals surface area (Å²) in [5, 5.41) is 4.90. The summed E-state index contributed by atoms with van der Waals surface area (Å²) in [6.07, 6.45) is 2.37. The summed E-state index contributed by atoms with van der Waals surface area (Å²) >= 11 is 7.15. The first kappa shape index (κ1) is 24.5. The molecule has 33 heavy (non-hydrogen) atoms. The SMILES string of the molecule is O=C(Nc1ccc(F)c(Cl)c1)[C@H]1C[C@@H](c2nccs2)NS(=O)(=O)N1CCCN1CCOCC1. The fourth-order valence-electron chi connectivity index (χ4n) is 3.95. The second-order valence-electron chi connectivity index (χ2n) is 7.83. The monoisotopic (exact) mass is 517 g/mol. The standard InChI is InChI=1S/C20H25ClFN5O4S2/c21-15-12-14(2-3-16(15)22)24-19(28)18-13-17(20-23-4-11-32-20)25-33(29,30)27(18)6-1-5-26-7-9-31-10-8-26/h2-4,11-12,17-18,25H,1,5-10,13H2,(H,24,28)/t17-,18+/m0/s1. The van der Waals surface area contributed by atoms with E-state index in [0.29, 0.717) is 36.9 Å². The molecule has 13 heteroatoms. The largest absolute Gasteiger partial charge is 0.379 e. The van der Waals surface area contributed by atoms with Crippen molar-refractivity contribution in [2.45, 2.75) is 24.9 Å². The van der Waals surface area contributed by atoms with Crippen molar-refractivity contribution >= 4 is 44.7 Å². The molecule has 2 N–H and O–H groups in total. The molecule has 0 unspecified atom stereocenters. The second-order valence-corrected chi connectivity index (χ2v) is 10.8. The molecule has 2 fully saturated rings. The summed E-state index contributed by atoms with van der Waals surface area (Å²) < 4.78 is 49.0. The smallest absolute Gasteiger partial charge is 0.280 e. The maximum atomic E-state index is 13.5. The third kappa shape index (κ3) is 6.07. The van der Waals surface area contributed by atoms with E-state index in [1.165, 1.54) is 27.8 Å². The zero-order chi connectivity index (χ0) is 23.4. The lowest BCUT2D eigenvalue weighted by molar-refractivity contribution is -0.120. The van der Waals surface area contributed by atoms with Crippen LogP contribution in [0.15, 0.2) is 29.8 Å². The van der Waals surface area contributed by atoms with Gasteiger partial charge in [0.2, 0.25) is 5.91 Å². The lowest BCUT2D eigenvalue weighted by Crippen LogP contribution is -2.58. The van der Waals surface area contributed by atoms with Crippen LogP contribution in [0.25, 0.3) is 0 Å². The van der Waals surface area contributed by atoms with Gasteiger partial charge in [0.05, 0.1) is 24.3 Å². The topological polar surface area (TPSA) is 104 Å². The zero-order valence-electron chi connectivity index (χ0n) is 17.7. The molecule has 0 radical (unpaired) electrons. The Morgan fingerprint density at radius 3 is 2.82 bits per heavy atom. The summed E-state index contributed by atoms with van der Waals surface area (Å²) in [7, 11) is -3.94. The van der Waals surface area contributed by atoms with Gasteiger partial charge in [-0.25, -0.2) is 9.37 Å². The van der Waals surface area contributed by atoms with Crippen LogP contribution in [0.2, 0.25) is 5.02 Å². The molecule has 2 aromatic rings. The molecule has 0 saturated carbocycles. The number of nitrogens with one attached hydrogen (secondary N) is 2. The molecule has 1 amide bonds. The number of aromatic nitrogens is 1. The van der Waals surface area contributed by atoms with Crippen LogP contribution < -0.4 is 10.0 Å². The van der Waals surface area contributed by atoms with E-state index in [9.17, 15) is 17.6 Å². The minimum atomic E-state index is -3.94. The van der Waals surface area contributed by atoms with Crippen molar-refractivity contribution < 1.29 is 22.3 Å². The average Bonchev–Trinajstić information content (AvgIpc) is 3.32. The Morgan fingerprint density at radius 2 is 2.12 bits per heavy atom. The van der Waals surface area contributed by atoms with E-state index in [2.05, 4.69) is 19.9 Å². The van der Waals surface area contributed by atoms with Gasteiger partial charge in [0.1, 0.15) is 16.9 Å². The Balaban J connectivity index is 1.51. The van der Waals surface area contributed by atoms with E-state index in [1.54, 1.807) is 11.6 Å². The molecule has 1 aromatic carbocycles. The predicted octanol–water partition coefficient (Wildman–Crippen LogP) is 2.25. The molecule has 1 aromatic heterocycles. The van der Waals surface area contributed by atoms with E-state index in [1.807, 2.05) is 0 Å². The summed E-state index contributed by atoms with van der Waals surface area (Å²) in [6.45, 7) is 3.79. The minimum Gasteiger partial charge on any atom is -0.379 e. The number of halogens is 2. The molecule has 4 rings (SSSR count). The summed E-state index contributed by atoms with van der Waals surface area (Å²) in [4.78, 5) is 19.6. The third-order valence-electron chi connectivity index (χ3n) is 5.60. The predicted molar refractivity (Wildman–Crippen MR) is 124 cm³/mol. The quantitative estimate of drug-likeness (QED) is 0.584. The van der Waals surface area contributed by atoms with Crippen molar-refractivity contribution in [3.63, 3.8) is 0 Å². The molecule has 0 bridgehead atoms. The number of anilines is 1. The molecule has 9 nitrogen and oxygen atoms in total. The van der Waals surface area contributed by atoms with Crippen LogP contribution in [0.4, 0.5) is 10.1 Å². The molecule has 0 spiro atoms. The molecular weight excluding hydrogens is 493 g/mol. The van der Waals surface area contributed by atoms with Gasteiger partial charge in [0.15, 0.2) is 0 Å². The fraction of sp³-hybridized carbons (Fsp3) is 0.500. The highest BCUT2D eigenvalue weighted by Gasteiger charge is 2.43. The number of morpholine rings is 1. The van der Waals surface area contributed by atoms with Crippen molar-refractivity contribution in [1.29, 1.82) is 0 Å². The van der Waals surface area contributed by atoms with E-state index in [4.69, 9.17) is 16.3 Å². The molecule has 3 heterocycles. The second kappa shape index (κ2) is 10.7. The molecule has 2 aliphatic heterocycles. The lowest BCUT2D eigenvalue weighted by atomic mass is 10.1. The summed E-state index contributed by atoms with van der Waals surface area (Å²) in [5.74, 6) is -1.11. The number of carbonyl (C=O) groups is 1.